The molecule has 0 aliphatic carbocycles. The van der Waals surface area contributed by atoms with Crippen molar-refractivity contribution in [1.82, 2.24) is 9.55 Å². The average Bonchev–Trinajstić information content (AvgIpc) is 2.85. The largest absolute Gasteiger partial charge is 0.377 e. The molecule has 0 atom stereocenters. The van der Waals surface area contributed by atoms with Crippen molar-refractivity contribution in [1.29, 1.82) is 0 Å². The van der Waals surface area contributed by atoms with E-state index in [2.05, 4.69) is 10.3 Å². The fourth-order valence-electron chi connectivity index (χ4n) is 2.00. The summed E-state index contributed by atoms with van der Waals surface area (Å²) in [6.07, 6.45) is 4.30. The van der Waals surface area contributed by atoms with E-state index in [9.17, 15) is 13.6 Å². The molecule has 0 radical (unpaired) electrons. The van der Waals surface area contributed by atoms with Crippen molar-refractivity contribution in [3.05, 3.63) is 47.5 Å². The molecular formula is C14H16F2N4O. The summed E-state index contributed by atoms with van der Waals surface area (Å²) in [7, 11) is 0. The molecule has 1 aromatic heterocycles. The Bertz CT molecular complexity index is 654. The molecule has 7 heteroatoms. The van der Waals surface area contributed by atoms with Crippen molar-refractivity contribution in [2.75, 3.05) is 5.32 Å². The molecule has 0 aliphatic rings. The minimum absolute atomic E-state index is 0.0226. The average molecular weight is 294 g/mol. The van der Waals surface area contributed by atoms with Crippen molar-refractivity contribution in [2.24, 2.45) is 5.73 Å². The van der Waals surface area contributed by atoms with Crippen LogP contribution in [0.2, 0.25) is 0 Å². The van der Waals surface area contributed by atoms with E-state index in [-0.39, 0.29) is 11.3 Å². The Morgan fingerprint density at radius 3 is 2.81 bits per heavy atom. The van der Waals surface area contributed by atoms with Crippen molar-refractivity contribution in [2.45, 2.75) is 26.4 Å². The van der Waals surface area contributed by atoms with E-state index in [0.717, 1.165) is 24.7 Å². The third-order valence-corrected chi connectivity index (χ3v) is 3.05. The van der Waals surface area contributed by atoms with Crippen LogP contribution in [0, 0.1) is 11.6 Å². The number of nitrogens with one attached hydrogen (secondary N) is 1. The van der Waals surface area contributed by atoms with E-state index in [1.807, 2.05) is 11.5 Å². The molecule has 5 nitrogen and oxygen atoms in total. The number of nitrogens with two attached hydrogens (primary N) is 1. The molecule has 1 amide bonds. The molecule has 0 saturated carbocycles. The Morgan fingerprint density at radius 1 is 1.38 bits per heavy atom. The van der Waals surface area contributed by atoms with Crippen LogP contribution in [0.4, 0.5) is 14.5 Å². The number of imidazole rings is 1. The molecule has 0 saturated heterocycles. The van der Waals surface area contributed by atoms with E-state index >= 15 is 0 Å². The number of carbonyl (C=O) groups excluding carboxylic acids is 1. The highest BCUT2D eigenvalue weighted by Crippen LogP contribution is 2.20. The molecule has 0 bridgehead atoms. The van der Waals surface area contributed by atoms with Crippen molar-refractivity contribution in [3.8, 4) is 0 Å². The third kappa shape index (κ3) is 3.36. The van der Waals surface area contributed by atoms with Gasteiger partial charge in [-0.1, -0.05) is 6.92 Å². The van der Waals surface area contributed by atoms with Crippen molar-refractivity contribution in [3.63, 3.8) is 0 Å². The number of rotatable bonds is 6. The molecule has 21 heavy (non-hydrogen) atoms. The number of halogens is 2. The Labute approximate surface area is 120 Å². The number of primary amides is 1. The number of aryl methyl sites for hydroxylation is 1. The van der Waals surface area contributed by atoms with Crippen molar-refractivity contribution >= 4 is 11.6 Å². The van der Waals surface area contributed by atoms with Gasteiger partial charge < -0.3 is 15.6 Å². The number of benzene rings is 1. The van der Waals surface area contributed by atoms with Gasteiger partial charge in [0.2, 0.25) is 0 Å². The minimum atomic E-state index is -0.971. The highest BCUT2D eigenvalue weighted by molar-refractivity contribution is 5.94. The Morgan fingerprint density at radius 2 is 2.14 bits per heavy atom. The number of amides is 1. The van der Waals surface area contributed by atoms with E-state index < -0.39 is 17.5 Å². The summed E-state index contributed by atoms with van der Waals surface area (Å²) in [5.41, 5.74) is 5.58. The van der Waals surface area contributed by atoms with Gasteiger partial charge in [-0.15, -0.1) is 0 Å². The lowest BCUT2D eigenvalue weighted by atomic mass is 10.1. The highest BCUT2D eigenvalue weighted by atomic mass is 19.1. The second-order valence-electron chi connectivity index (χ2n) is 4.61. The van der Waals surface area contributed by atoms with Crippen LogP contribution < -0.4 is 11.1 Å². The lowest BCUT2D eigenvalue weighted by Gasteiger charge is -2.11. The number of anilines is 1. The fraction of sp³-hybridized carbons (Fsp3) is 0.286. The zero-order chi connectivity index (χ0) is 15.4. The van der Waals surface area contributed by atoms with Gasteiger partial charge in [-0.2, -0.15) is 0 Å². The minimum Gasteiger partial charge on any atom is -0.377 e. The fourth-order valence-corrected chi connectivity index (χ4v) is 2.00. The van der Waals surface area contributed by atoms with Gasteiger partial charge in [0.1, 0.15) is 11.6 Å². The molecular weight excluding hydrogens is 278 g/mol. The molecule has 112 valence electrons. The zero-order valence-corrected chi connectivity index (χ0v) is 11.6. The first kappa shape index (κ1) is 15.0. The predicted molar refractivity (Wildman–Crippen MR) is 74.7 cm³/mol. The van der Waals surface area contributed by atoms with Gasteiger partial charge in [0, 0.05) is 18.8 Å². The summed E-state index contributed by atoms with van der Waals surface area (Å²) in [5, 5.41) is 2.83. The first-order valence-corrected chi connectivity index (χ1v) is 6.54. The monoisotopic (exact) mass is 294 g/mol. The summed E-state index contributed by atoms with van der Waals surface area (Å²) in [6.45, 7) is 3.15. The number of hydrogen-bond donors (Lipinski definition) is 2. The number of nitrogens with zero attached hydrogens (tertiary/aromatic N) is 2. The summed E-state index contributed by atoms with van der Waals surface area (Å²) < 4.78 is 29.0. The van der Waals surface area contributed by atoms with Gasteiger partial charge in [0.25, 0.3) is 5.91 Å². The van der Waals surface area contributed by atoms with E-state index in [0.29, 0.717) is 12.6 Å². The molecule has 1 heterocycles. The first-order chi connectivity index (χ1) is 10.0. The molecule has 0 aliphatic heterocycles. The predicted octanol–water partition coefficient (Wildman–Crippen LogP) is 2.28. The first-order valence-electron chi connectivity index (χ1n) is 6.54. The second kappa shape index (κ2) is 6.34. The van der Waals surface area contributed by atoms with Gasteiger partial charge >= 0.3 is 0 Å². The van der Waals surface area contributed by atoms with Gasteiger partial charge in [0.05, 0.1) is 29.8 Å². The normalized spacial score (nSPS) is 10.6. The number of carbonyl (C=O) groups is 1. The standard InChI is InChI=1S/C14H16F2N4O/c1-2-3-20-8-18-6-9(20)7-19-13-4-10(14(17)21)11(15)5-12(13)16/h4-6,8,19H,2-3,7H2,1H3,(H2,17,21). The second-order valence-corrected chi connectivity index (χ2v) is 4.61. The van der Waals surface area contributed by atoms with Crippen LogP contribution in [-0.2, 0) is 13.1 Å². The Balaban J connectivity index is 2.18. The Kier molecular flexibility index (Phi) is 4.52. The quantitative estimate of drug-likeness (QED) is 0.858. The van der Waals surface area contributed by atoms with Crippen LogP contribution in [-0.4, -0.2) is 15.5 Å². The summed E-state index contributed by atoms with van der Waals surface area (Å²) in [4.78, 5) is 15.1. The smallest absolute Gasteiger partial charge is 0.251 e. The van der Waals surface area contributed by atoms with Gasteiger partial charge in [0.15, 0.2) is 0 Å². The molecule has 0 fully saturated rings. The molecule has 1 aromatic carbocycles. The number of aromatic nitrogens is 2. The maximum atomic E-state index is 13.7. The molecule has 2 aromatic rings. The third-order valence-electron chi connectivity index (χ3n) is 3.05. The van der Waals surface area contributed by atoms with Crippen LogP contribution in [0.3, 0.4) is 0 Å². The van der Waals surface area contributed by atoms with Crippen LogP contribution in [0.25, 0.3) is 0 Å². The molecule has 0 unspecified atom stereocenters. The van der Waals surface area contributed by atoms with Crippen LogP contribution in [0.5, 0.6) is 0 Å². The topological polar surface area (TPSA) is 72.9 Å². The maximum Gasteiger partial charge on any atom is 0.251 e. The molecule has 3 N–H and O–H groups in total. The lowest BCUT2D eigenvalue weighted by Crippen LogP contribution is -2.15. The van der Waals surface area contributed by atoms with Gasteiger partial charge in [-0.05, 0) is 12.5 Å². The van der Waals surface area contributed by atoms with Crippen LogP contribution >= 0.6 is 0 Å². The molecule has 2 rings (SSSR count). The SMILES string of the molecule is CCCn1cncc1CNc1cc(C(N)=O)c(F)cc1F. The van der Waals surface area contributed by atoms with Gasteiger partial charge in [-0.25, -0.2) is 13.8 Å². The summed E-state index contributed by atoms with van der Waals surface area (Å²) in [5.74, 6) is -2.69. The summed E-state index contributed by atoms with van der Waals surface area (Å²) >= 11 is 0. The Hall–Kier alpha value is -2.44. The maximum absolute atomic E-state index is 13.7. The van der Waals surface area contributed by atoms with E-state index in [4.69, 9.17) is 5.73 Å². The summed E-state index contributed by atoms with van der Waals surface area (Å²) in [6, 6.07) is 1.72. The zero-order valence-electron chi connectivity index (χ0n) is 11.6. The van der Waals surface area contributed by atoms with Crippen molar-refractivity contribution < 1.29 is 13.6 Å². The van der Waals surface area contributed by atoms with E-state index in [1.165, 1.54) is 0 Å². The van der Waals surface area contributed by atoms with E-state index in [1.54, 1.807) is 12.5 Å². The number of hydrogen-bond acceptors (Lipinski definition) is 3. The van der Waals surface area contributed by atoms with Gasteiger partial charge in [-0.3, -0.25) is 4.79 Å². The molecule has 0 spiro atoms. The highest BCUT2D eigenvalue weighted by Gasteiger charge is 2.14. The lowest BCUT2D eigenvalue weighted by molar-refractivity contribution is 0.0996. The van der Waals surface area contributed by atoms with Crippen LogP contribution in [0.15, 0.2) is 24.7 Å². The van der Waals surface area contributed by atoms with Crippen LogP contribution in [0.1, 0.15) is 29.4 Å².